The Morgan fingerprint density at radius 1 is 1.08 bits per heavy atom. The fourth-order valence-electron chi connectivity index (χ4n) is 2.93. The van der Waals surface area contributed by atoms with E-state index in [9.17, 15) is 0 Å². The molecule has 0 atom stereocenters. The van der Waals surface area contributed by atoms with Crippen LogP contribution >= 0.6 is 0 Å². The molecule has 0 N–H and O–H groups in total. The molecule has 2 heterocycles. The van der Waals surface area contributed by atoms with Crippen molar-refractivity contribution in [1.29, 1.82) is 0 Å². The van der Waals surface area contributed by atoms with Gasteiger partial charge in [-0.15, -0.1) is 0 Å². The molecule has 2 nitrogen and oxygen atoms in total. The molecule has 3 rings (SSSR count). The van der Waals surface area contributed by atoms with Crippen LogP contribution in [-0.2, 0) is 4.74 Å². The predicted molar refractivity (Wildman–Crippen MR) is 51.7 cm³/mol. The van der Waals surface area contributed by atoms with E-state index < -0.39 is 0 Å². The van der Waals surface area contributed by atoms with Crippen molar-refractivity contribution in [2.75, 3.05) is 26.3 Å². The fraction of sp³-hybridized carbons (Fsp3) is 1.00. The van der Waals surface area contributed by atoms with Gasteiger partial charge in [0.05, 0.1) is 0 Å². The first-order valence-corrected chi connectivity index (χ1v) is 5.70. The van der Waals surface area contributed by atoms with Gasteiger partial charge in [-0.05, 0) is 44.1 Å². The van der Waals surface area contributed by atoms with Crippen molar-refractivity contribution >= 4 is 0 Å². The number of rotatable bonds is 1. The second-order valence-corrected chi connectivity index (χ2v) is 5.06. The molecular weight excluding hydrogens is 162 g/mol. The van der Waals surface area contributed by atoms with Gasteiger partial charge in [0.2, 0.25) is 0 Å². The van der Waals surface area contributed by atoms with Gasteiger partial charge in [-0.1, -0.05) is 0 Å². The highest BCUT2D eigenvalue weighted by atomic mass is 16.5. The lowest BCUT2D eigenvalue weighted by atomic mass is 9.80. The van der Waals surface area contributed by atoms with E-state index in [1.165, 1.54) is 45.2 Å². The topological polar surface area (TPSA) is 12.5 Å². The summed E-state index contributed by atoms with van der Waals surface area (Å²) in [7, 11) is 0. The molecule has 0 radical (unpaired) electrons. The Bertz CT molecular complexity index is 194. The second-order valence-electron chi connectivity index (χ2n) is 5.06. The third kappa shape index (κ3) is 1.50. The Labute approximate surface area is 80.2 Å². The van der Waals surface area contributed by atoms with Crippen molar-refractivity contribution in [2.24, 2.45) is 5.41 Å². The molecule has 0 aromatic carbocycles. The zero-order valence-electron chi connectivity index (χ0n) is 8.30. The molecule has 3 aliphatic rings. The van der Waals surface area contributed by atoms with E-state index in [4.69, 9.17) is 4.74 Å². The maximum Gasteiger partial charge on any atom is 0.0471 e. The predicted octanol–water partition coefficient (Wildman–Crippen LogP) is 1.65. The van der Waals surface area contributed by atoms with Crippen LogP contribution in [0, 0.1) is 5.41 Å². The minimum absolute atomic E-state index is 0.668. The second kappa shape index (κ2) is 2.96. The van der Waals surface area contributed by atoms with E-state index in [2.05, 4.69) is 4.90 Å². The highest BCUT2D eigenvalue weighted by Gasteiger charge is 2.43. The maximum absolute atomic E-state index is 5.45. The van der Waals surface area contributed by atoms with Gasteiger partial charge in [-0.3, -0.25) is 4.90 Å². The number of likely N-dealkylation sites (tertiary alicyclic amines) is 1. The van der Waals surface area contributed by atoms with Crippen LogP contribution in [0.5, 0.6) is 0 Å². The van der Waals surface area contributed by atoms with Gasteiger partial charge in [-0.25, -0.2) is 0 Å². The Kier molecular flexibility index (Phi) is 1.88. The SMILES string of the molecule is C1CC2(CCO1)CCN(C1CC1)C2. The molecule has 2 heteroatoms. The molecule has 2 aliphatic heterocycles. The summed E-state index contributed by atoms with van der Waals surface area (Å²) in [5.41, 5.74) is 0.668. The van der Waals surface area contributed by atoms with Gasteiger partial charge in [0.25, 0.3) is 0 Å². The summed E-state index contributed by atoms with van der Waals surface area (Å²) in [6, 6.07) is 0.974. The highest BCUT2D eigenvalue weighted by molar-refractivity contribution is 4.97. The lowest BCUT2D eigenvalue weighted by Gasteiger charge is -2.33. The molecule has 0 amide bonds. The van der Waals surface area contributed by atoms with E-state index >= 15 is 0 Å². The minimum atomic E-state index is 0.668. The molecule has 1 saturated carbocycles. The van der Waals surface area contributed by atoms with Gasteiger partial charge in [0.1, 0.15) is 0 Å². The zero-order chi connectivity index (χ0) is 8.73. The first kappa shape index (κ1) is 8.25. The molecule has 0 aromatic heterocycles. The van der Waals surface area contributed by atoms with Crippen LogP contribution in [0.15, 0.2) is 0 Å². The smallest absolute Gasteiger partial charge is 0.0471 e. The van der Waals surface area contributed by atoms with E-state index in [0.29, 0.717) is 5.41 Å². The van der Waals surface area contributed by atoms with Gasteiger partial charge in [0.15, 0.2) is 0 Å². The van der Waals surface area contributed by atoms with Crippen LogP contribution in [0.25, 0.3) is 0 Å². The van der Waals surface area contributed by atoms with E-state index in [0.717, 1.165) is 19.3 Å². The van der Waals surface area contributed by atoms with Crippen LogP contribution in [0.3, 0.4) is 0 Å². The van der Waals surface area contributed by atoms with Crippen molar-refractivity contribution in [3.8, 4) is 0 Å². The Morgan fingerprint density at radius 2 is 1.85 bits per heavy atom. The average Bonchev–Trinajstić information content (AvgIpc) is 2.93. The van der Waals surface area contributed by atoms with Crippen LogP contribution in [0.2, 0.25) is 0 Å². The van der Waals surface area contributed by atoms with Crippen molar-refractivity contribution < 1.29 is 4.74 Å². The molecule has 13 heavy (non-hydrogen) atoms. The quantitative estimate of drug-likeness (QED) is 0.610. The molecule has 0 unspecified atom stereocenters. The maximum atomic E-state index is 5.45. The Balaban J connectivity index is 1.64. The molecule has 2 saturated heterocycles. The third-order valence-corrected chi connectivity index (χ3v) is 4.08. The van der Waals surface area contributed by atoms with Gasteiger partial charge >= 0.3 is 0 Å². The normalized spacial score (nSPS) is 34.2. The average molecular weight is 181 g/mol. The van der Waals surface area contributed by atoms with Crippen molar-refractivity contribution in [1.82, 2.24) is 4.90 Å². The summed E-state index contributed by atoms with van der Waals surface area (Å²) in [4.78, 5) is 2.73. The number of hydrogen-bond acceptors (Lipinski definition) is 2. The highest BCUT2D eigenvalue weighted by Crippen LogP contribution is 2.43. The number of nitrogens with zero attached hydrogens (tertiary/aromatic N) is 1. The molecule has 0 bridgehead atoms. The van der Waals surface area contributed by atoms with E-state index in [1.807, 2.05) is 0 Å². The monoisotopic (exact) mass is 181 g/mol. The van der Waals surface area contributed by atoms with Crippen molar-refractivity contribution in [3.05, 3.63) is 0 Å². The third-order valence-electron chi connectivity index (χ3n) is 4.08. The lowest BCUT2D eigenvalue weighted by molar-refractivity contribution is 0.0190. The van der Waals surface area contributed by atoms with Crippen LogP contribution in [0.1, 0.15) is 32.1 Å². The first-order chi connectivity index (χ1) is 6.38. The zero-order valence-corrected chi connectivity index (χ0v) is 8.30. The summed E-state index contributed by atoms with van der Waals surface area (Å²) >= 11 is 0. The van der Waals surface area contributed by atoms with Gasteiger partial charge in [-0.2, -0.15) is 0 Å². The van der Waals surface area contributed by atoms with E-state index in [1.54, 1.807) is 0 Å². The largest absolute Gasteiger partial charge is 0.381 e. The van der Waals surface area contributed by atoms with Crippen molar-refractivity contribution in [2.45, 2.75) is 38.1 Å². The molecule has 0 aromatic rings. The summed E-state index contributed by atoms with van der Waals surface area (Å²) in [6.07, 6.45) is 7.00. The number of hydrogen-bond donors (Lipinski definition) is 0. The molecule has 3 fully saturated rings. The Hall–Kier alpha value is -0.0800. The molecule has 74 valence electrons. The van der Waals surface area contributed by atoms with Crippen LogP contribution < -0.4 is 0 Å². The first-order valence-electron chi connectivity index (χ1n) is 5.70. The van der Waals surface area contributed by atoms with Crippen molar-refractivity contribution in [3.63, 3.8) is 0 Å². The molecule has 1 aliphatic carbocycles. The molecular formula is C11H19NO. The van der Waals surface area contributed by atoms with E-state index in [-0.39, 0.29) is 0 Å². The standard InChI is InChI=1S/C11H19NO/c1-2-10(1)12-6-3-11(9-12)4-7-13-8-5-11/h10H,1-9H2. The van der Waals surface area contributed by atoms with Gasteiger partial charge in [0, 0.05) is 25.8 Å². The summed E-state index contributed by atoms with van der Waals surface area (Å²) < 4.78 is 5.45. The Morgan fingerprint density at radius 3 is 2.54 bits per heavy atom. The van der Waals surface area contributed by atoms with Crippen LogP contribution in [-0.4, -0.2) is 37.2 Å². The van der Waals surface area contributed by atoms with Crippen LogP contribution in [0.4, 0.5) is 0 Å². The lowest BCUT2D eigenvalue weighted by Crippen LogP contribution is -2.33. The molecule has 1 spiro atoms. The van der Waals surface area contributed by atoms with Gasteiger partial charge < -0.3 is 4.74 Å². The summed E-state index contributed by atoms with van der Waals surface area (Å²) in [5.74, 6) is 0. The number of ether oxygens (including phenoxy) is 1. The minimum Gasteiger partial charge on any atom is -0.381 e. The summed E-state index contributed by atoms with van der Waals surface area (Å²) in [6.45, 7) is 4.77. The summed E-state index contributed by atoms with van der Waals surface area (Å²) in [5, 5.41) is 0. The fourth-order valence-corrected chi connectivity index (χ4v) is 2.93.